The standard InChI is InChI=1S/C20H29N3O3/c1-15-9-18(10-16(2)21-15)19(24)23-13-20(14-23)4-3-17(12-26-20)11-22-5-7-25-8-6-22/h9-10,17H,3-8,11-14H2,1-2H3/t17-/m1/s1. The fourth-order valence-electron chi connectivity index (χ4n) is 4.39. The fraction of sp³-hybridized carbons (Fsp3) is 0.700. The van der Waals surface area contributed by atoms with Gasteiger partial charge in [-0.05, 0) is 44.7 Å². The second-order valence-electron chi connectivity index (χ2n) is 8.11. The molecule has 0 aromatic carbocycles. The zero-order valence-electron chi connectivity index (χ0n) is 15.9. The quantitative estimate of drug-likeness (QED) is 0.821. The summed E-state index contributed by atoms with van der Waals surface area (Å²) in [6.07, 6.45) is 2.24. The molecule has 0 unspecified atom stereocenters. The second kappa shape index (κ2) is 7.25. The maximum Gasteiger partial charge on any atom is 0.254 e. The molecule has 6 nitrogen and oxygen atoms in total. The Morgan fingerprint density at radius 3 is 2.54 bits per heavy atom. The number of amides is 1. The Kier molecular flexibility index (Phi) is 4.99. The molecule has 1 aromatic rings. The van der Waals surface area contributed by atoms with Crippen LogP contribution in [0.15, 0.2) is 12.1 Å². The molecule has 0 saturated carbocycles. The van der Waals surface area contributed by atoms with E-state index in [-0.39, 0.29) is 11.5 Å². The molecule has 1 amide bonds. The number of hydrogen-bond acceptors (Lipinski definition) is 5. The van der Waals surface area contributed by atoms with Crippen LogP contribution in [0.5, 0.6) is 0 Å². The van der Waals surface area contributed by atoms with Crippen LogP contribution in [0.25, 0.3) is 0 Å². The number of carbonyl (C=O) groups excluding carboxylic acids is 1. The molecule has 6 heteroatoms. The van der Waals surface area contributed by atoms with Crippen LogP contribution in [0.2, 0.25) is 0 Å². The van der Waals surface area contributed by atoms with Crippen LogP contribution in [0.3, 0.4) is 0 Å². The first-order chi connectivity index (χ1) is 12.5. The van der Waals surface area contributed by atoms with Crippen LogP contribution in [-0.4, -0.2) is 78.8 Å². The van der Waals surface area contributed by atoms with Gasteiger partial charge in [-0.15, -0.1) is 0 Å². The van der Waals surface area contributed by atoms with E-state index in [0.29, 0.717) is 5.92 Å². The Balaban J connectivity index is 1.27. The minimum Gasteiger partial charge on any atom is -0.379 e. The lowest BCUT2D eigenvalue weighted by atomic mass is 9.82. The molecular formula is C20H29N3O3. The molecule has 3 saturated heterocycles. The largest absolute Gasteiger partial charge is 0.379 e. The van der Waals surface area contributed by atoms with Crippen molar-refractivity contribution in [2.24, 2.45) is 5.92 Å². The van der Waals surface area contributed by atoms with Crippen LogP contribution >= 0.6 is 0 Å². The highest BCUT2D eigenvalue weighted by Crippen LogP contribution is 2.37. The predicted octanol–water partition coefficient (Wildman–Crippen LogP) is 1.65. The summed E-state index contributed by atoms with van der Waals surface area (Å²) >= 11 is 0. The van der Waals surface area contributed by atoms with Gasteiger partial charge in [0.15, 0.2) is 0 Å². The molecule has 4 rings (SSSR count). The van der Waals surface area contributed by atoms with Gasteiger partial charge in [-0.3, -0.25) is 14.7 Å². The van der Waals surface area contributed by atoms with Crippen molar-refractivity contribution < 1.29 is 14.3 Å². The number of ether oxygens (including phenoxy) is 2. The van der Waals surface area contributed by atoms with Crippen molar-refractivity contribution in [3.63, 3.8) is 0 Å². The summed E-state index contributed by atoms with van der Waals surface area (Å²) in [5.41, 5.74) is 2.42. The lowest BCUT2D eigenvalue weighted by Gasteiger charge is -2.53. The van der Waals surface area contributed by atoms with Crippen molar-refractivity contribution in [2.45, 2.75) is 32.3 Å². The smallest absolute Gasteiger partial charge is 0.254 e. The highest BCUT2D eigenvalue weighted by atomic mass is 16.5. The number of pyridine rings is 1. The third-order valence-corrected chi connectivity index (χ3v) is 5.83. The Hall–Kier alpha value is -1.50. The van der Waals surface area contributed by atoms with E-state index < -0.39 is 0 Å². The Bertz CT molecular complexity index is 636. The van der Waals surface area contributed by atoms with Gasteiger partial charge in [0.1, 0.15) is 5.60 Å². The number of aryl methyl sites for hydroxylation is 2. The zero-order chi connectivity index (χ0) is 18.1. The third kappa shape index (κ3) is 3.77. The SMILES string of the molecule is Cc1cc(C(=O)N2CC3(CC[C@H](CN4CCOCC4)CO3)C2)cc(C)n1. The predicted molar refractivity (Wildman–Crippen MR) is 98.3 cm³/mol. The molecule has 1 aromatic heterocycles. The van der Waals surface area contributed by atoms with E-state index in [0.717, 1.165) is 75.9 Å². The summed E-state index contributed by atoms with van der Waals surface area (Å²) in [6.45, 7) is 11.0. The van der Waals surface area contributed by atoms with Crippen LogP contribution in [-0.2, 0) is 9.47 Å². The van der Waals surface area contributed by atoms with Gasteiger partial charge in [0, 0.05) is 36.6 Å². The summed E-state index contributed by atoms with van der Waals surface area (Å²) in [5.74, 6) is 0.706. The number of likely N-dealkylation sites (tertiary alicyclic amines) is 1. The molecule has 0 N–H and O–H groups in total. The van der Waals surface area contributed by atoms with Crippen molar-refractivity contribution in [2.75, 3.05) is 52.5 Å². The zero-order valence-corrected chi connectivity index (χ0v) is 15.9. The first kappa shape index (κ1) is 17.9. The van der Waals surface area contributed by atoms with E-state index in [4.69, 9.17) is 9.47 Å². The molecule has 0 aliphatic carbocycles. The minimum absolute atomic E-state index is 0.100. The van der Waals surface area contributed by atoms with Crippen LogP contribution < -0.4 is 0 Å². The Morgan fingerprint density at radius 1 is 1.23 bits per heavy atom. The van der Waals surface area contributed by atoms with Gasteiger partial charge in [-0.1, -0.05) is 0 Å². The normalized spacial score (nSPS) is 25.9. The van der Waals surface area contributed by atoms with Gasteiger partial charge in [-0.25, -0.2) is 0 Å². The average molecular weight is 359 g/mol. The third-order valence-electron chi connectivity index (χ3n) is 5.83. The van der Waals surface area contributed by atoms with Gasteiger partial charge in [0.25, 0.3) is 5.91 Å². The lowest BCUT2D eigenvalue weighted by Crippen LogP contribution is -2.66. The second-order valence-corrected chi connectivity index (χ2v) is 8.11. The first-order valence-corrected chi connectivity index (χ1v) is 9.72. The van der Waals surface area contributed by atoms with Crippen molar-refractivity contribution in [1.82, 2.24) is 14.8 Å². The number of hydrogen-bond donors (Lipinski definition) is 0. The molecule has 142 valence electrons. The lowest BCUT2D eigenvalue weighted by molar-refractivity contribution is -0.169. The molecule has 4 heterocycles. The van der Waals surface area contributed by atoms with E-state index in [1.165, 1.54) is 6.42 Å². The monoisotopic (exact) mass is 359 g/mol. The molecular weight excluding hydrogens is 330 g/mol. The Labute approximate surface area is 155 Å². The topological polar surface area (TPSA) is 54.9 Å². The highest BCUT2D eigenvalue weighted by molar-refractivity contribution is 5.95. The van der Waals surface area contributed by atoms with E-state index >= 15 is 0 Å². The fourth-order valence-corrected chi connectivity index (χ4v) is 4.39. The average Bonchev–Trinajstić information content (AvgIpc) is 2.60. The van der Waals surface area contributed by atoms with E-state index in [1.54, 1.807) is 0 Å². The summed E-state index contributed by atoms with van der Waals surface area (Å²) in [6, 6.07) is 3.75. The number of nitrogens with zero attached hydrogens (tertiary/aromatic N) is 3. The van der Waals surface area contributed by atoms with E-state index in [2.05, 4.69) is 9.88 Å². The summed E-state index contributed by atoms with van der Waals surface area (Å²) in [7, 11) is 0. The molecule has 26 heavy (non-hydrogen) atoms. The number of morpholine rings is 1. The molecule has 3 fully saturated rings. The van der Waals surface area contributed by atoms with Gasteiger partial charge in [-0.2, -0.15) is 0 Å². The van der Waals surface area contributed by atoms with Crippen LogP contribution in [0.1, 0.15) is 34.6 Å². The van der Waals surface area contributed by atoms with Crippen LogP contribution in [0, 0.1) is 19.8 Å². The van der Waals surface area contributed by atoms with Gasteiger partial charge < -0.3 is 14.4 Å². The maximum absolute atomic E-state index is 12.7. The van der Waals surface area contributed by atoms with Crippen molar-refractivity contribution in [3.05, 3.63) is 29.1 Å². The van der Waals surface area contributed by atoms with Gasteiger partial charge in [0.05, 0.1) is 32.9 Å². The molecule has 1 spiro atoms. The number of rotatable bonds is 3. The van der Waals surface area contributed by atoms with Gasteiger partial charge in [0.2, 0.25) is 0 Å². The number of aromatic nitrogens is 1. The van der Waals surface area contributed by atoms with Crippen molar-refractivity contribution in [3.8, 4) is 0 Å². The summed E-state index contributed by atoms with van der Waals surface area (Å²) in [4.78, 5) is 21.5. The molecule has 1 atom stereocenters. The number of carbonyl (C=O) groups is 1. The van der Waals surface area contributed by atoms with Crippen LogP contribution in [0.4, 0.5) is 0 Å². The minimum atomic E-state index is -0.103. The Morgan fingerprint density at radius 2 is 1.92 bits per heavy atom. The molecule has 3 aliphatic rings. The molecule has 3 aliphatic heterocycles. The van der Waals surface area contributed by atoms with Crippen molar-refractivity contribution in [1.29, 1.82) is 0 Å². The summed E-state index contributed by atoms with van der Waals surface area (Å²) < 4.78 is 11.7. The van der Waals surface area contributed by atoms with Crippen molar-refractivity contribution >= 4 is 5.91 Å². The first-order valence-electron chi connectivity index (χ1n) is 9.72. The molecule has 0 radical (unpaired) electrons. The highest BCUT2D eigenvalue weighted by Gasteiger charge is 2.48. The summed E-state index contributed by atoms with van der Waals surface area (Å²) in [5, 5.41) is 0. The van der Waals surface area contributed by atoms with E-state index in [9.17, 15) is 4.79 Å². The molecule has 0 bridgehead atoms. The van der Waals surface area contributed by atoms with E-state index in [1.807, 2.05) is 30.9 Å². The maximum atomic E-state index is 12.7. The van der Waals surface area contributed by atoms with Gasteiger partial charge >= 0.3 is 0 Å².